The average Bonchev–Trinajstić information content (AvgIpc) is 3.52. The summed E-state index contributed by atoms with van der Waals surface area (Å²) in [6.45, 7) is 2.88. The van der Waals surface area contributed by atoms with Crippen molar-refractivity contribution in [2.45, 2.75) is 48.7 Å². The van der Waals surface area contributed by atoms with Gasteiger partial charge in [0.2, 0.25) is 0 Å². The van der Waals surface area contributed by atoms with E-state index in [0.29, 0.717) is 12.1 Å². The minimum absolute atomic E-state index is 0.0668. The summed E-state index contributed by atoms with van der Waals surface area (Å²) in [6.07, 6.45) is 8.00. The molecule has 0 bridgehead atoms. The highest BCUT2D eigenvalue weighted by atomic mass is 32.2. The number of aliphatic imine (C=N–C) groups is 1. The highest BCUT2D eigenvalue weighted by Crippen LogP contribution is 2.35. The molecule has 3 heterocycles. The predicted molar refractivity (Wildman–Crippen MR) is 123 cm³/mol. The molecule has 162 valence electrons. The normalized spacial score (nSPS) is 14.8. The van der Waals surface area contributed by atoms with E-state index in [1.54, 1.807) is 18.1 Å². The van der Waals surface area contributed by atoms with Crippen LogP contribution in [0.4, 0.5) is 10.1 Å². The van der Waals surface area contributed by atoms with Crippen molar-refractivity contribution in [2.24, 2.45) is 4.99 Å². The summed E-state index contributed by atoms with van der Waals surface area (Å²) in [5.74, 6) is 0.715. The Kier molecular flexibility index (Phi) is 5.85. The van der Waals surface area contributed by atoms with Gasteiger partial charge >= 0.3 is 0 Å². The molecule has 1 aliphatic rings. The van der Waals surface area contributed by atoms with Crippen molar-refractivity contribution >= 4 is 23.7 Å². The first-order chi connectivity index (χ1) is 15.7. The van der Waals surface area contributed by atoms with Crippen LogP contribution in [0.3, 0.4) is 0 Å². The summed E-state index contributed by atoms with van der Waals surface area (Å²) >= 11 is 1.62. The molecule has 1 N–H and O–H groups in total. The Bertz CT molecular complexity index is 1230. The molecule has 8 heteroatoms. The minimum Gasteiger partial charge on any atom is -0.351 e. The number of hydrogen-bond acceptors (Lipinski definition) is 5. The van der Waals surface area contributed by atoms with Crippen molar-refractivity contribution in [3.63, 3.8) is 0 Å². The average molecular weight is 447 g/mol. The predicted octanol–water partition coefficient (Wildman–Crippen LogP) is 5.27. The maximum Gasteiger partial charge on any atom is 0.196 e. The highest BCUT2D eigenvalue weighted by Gasteiger charge is 2.23. The van der Waals surface area contributed by atoms with Crippen LogP contribution in [-0.2, 0) is 19.4 Å². The van der Waals surface area contributed by atoms with Crippen molar-refractivity contribution < 1.29 is 4.39 Å². The second-order valence-electron chi connectivity index (χ2n) is 7.92. The summed E-state index contributed by atoms with van der Waals surface area (Å²) in [5.41, 5.74) is 4.01. The van der Waals surface area contributed by atoms with E-state index in [1.165, 1.54) is 17.7 Å². The number of aryl methyl sites for hydroxylation is 2. The molecule has 0 saturated heterocycles. The highest BCUT2D eigenvalue weighted by molar-refractivity contribution is 7.99. The number of aromatic nitrogens is 5. The number of nitrogens with one attached hydrogen (secondary N) is 1. The van der Waals surface area contributed by atoms with E-state index in [9.17, 15) is 4.39 Å². The molecule has 0 radical (unpaired) electrons. The smallest absolute Gasteiger partial charge is 0.196 e. The number of rotatable bonds is 8. The molecule has 6 nitrogen and oxygen atoms in total. The zero-order valence-electron chi connectivity index (χ0n) is 17.7. The molecule has 2 aromatic heterocycles. The van der Waals surface area contributed by atoms with Crippen LogP contribution in [0.2, 0.25) is 0 Å². The van der Waals surface area contributed by atoms with Crippen LogP contribution in [0, 0.1) is 12.7 Å². The fourth-order valence-electron chi connectivity index (χ4n) is 3.88. The van der Waals surface area contributed by atoms with Crippen molar-refractivity contribution in [1.82, 2.24) is 24.7 Å². The Morgan fingerprint density at radius 2 is 2.00 bits per heavy atom. The number of benzene rings is 2. The monoisotopic (exact) mass is 446 g/mol. The van der Waals surface area contributed by atoms with E-state index in [2.05, 4.69) is 60.9 Å². The van der Waals surface area contributed by atoms with Gasteiger partial charge in [0.05, 0.1) is 17.7 Å². The van der Waals surface area contributed by atoms with Gasteiger partial charge in [0.25, 0.3) is 0 Å². The van der Waals surface area contributed by atoms with Crippen LogP contribution in [-0.4, -0.2) is 30.9 Å². The van der Waals surface area contributed by atoms with Gasteiger partial charge in [0, 0.05) is 36.2 Å². The molecule has 0 fully saturated rings. The third-order valence-electron chi connectivity index (χ3n) is 5.58. The summed E-state index contributed by atoms with van der Waals surface area (Å²) in [6, 6.07) is 13.2. The van der Waals surface area contributed by atoms with Gasteiger partial charge in [-0.1, -0.05) is 23.8 Å². The van der Waals surface area contributed by atoms with Gasteiger partial charge in [0.1, 0.15) is 11.6 Å². The molecule has 0 aliphatic carbocycles. The fourth-order valence-corrected chi connectivity index (χ4v) is 4.75. The summed E-state index contributed by atoms with van der Waals surface area (Å²) in [7, 11) is 0. The van der Waals surface area contributed by atoms with Crippen LogP contribution in [0.15, 0.2) is 70.0 Å². The quantitative estimate of drug-likeness (QED) is 0.400. The maximum absolute atomic E-state index is 13.6. The van der Waals surface area contributed by atoms with Crippen LogP contribution in [0.5, 0.6) is 0 Å². The number of H-pyrrole nitrogens is 1. The van der Waals surface area contributed by atoms with Crippen molar-refractivity contribution in [3.05, 3.63) is 83.5 Å². The lowest BCUT2D eigenvalue weighted by molar-refractivity contribution is 0.563. The molecule has 1 unspecified atom stereocenters. The van der Waals surface area contributed by atoms with E-state index in [4.69, 9.17) is 0 Å². The van der Waals surface area contributed by atoms with Gasteiger partial charge in [-0.3, -0.25) is 4.99 Å². The van der Waals surface area contributed by atoms with Crippen molar-refractivity contribution in [3.8, 4) is 0 Å². The molecule has 2 aromatic carbocycles. The van der Waals surface area contributed by atoms with Gasteiger partial charge in [-0.15, -0.1) is 10.2 Å². The van der Waals surface area contributed by atoms with Crippen LogP contribution < -0.4 is 0 Å². The van der Waals surface area contributed by atoms with E-state index < -0.39 is 0 Å². The van der Waals surface area contributed by atoms with Gasteiger partial charge in [-0.25, -0.2) is 9.37 Å². The van der Waals surface area contributed by atoms with Gasteiger partial charge in [0.15, 0.2) is 5.16 Å². The summed E-state index contributed by atoms with van der Waals surface area (Å²) in [4.78, 5) is 12.9. The fraction of sp³-hybridized carbons (Fsp3) is 0.250. The number of hydrogen-bond donors (Lipinski definition) is 1. The molecule has 0 amide bonds. The topological polar surface area (TPSA) is 71.8 Å². The second-order valence-corrected chi connectivity index (χ2v) is 8.96. The lowest BCUT2D eigenvalue weighted by Gasteiger charge is -2.13. The molecule has 1 aliphatic heterocycles. The van der Waals surface area contributed by atoms with Gasteiger partial charge in [-0.2, -0.15) is 0 Å². The SMILES string of the molecule is Cc1ccc(Sc2nnc(CC3C=Nc4cc(F)ccc43)n2CCCc2c[nH]cn2)cc1. The molecule has 0 saturated carbocycles. The number of aromatic amines is 1. The molecule has 1 atom stereocenters. The lowest BCUT2D eigenvalue weighted by Crippen LogP contribution is -2.11. The maximum atomic E-state index is 13.6. The molecule has 4 aromatic rings. The van der Waals surface area contributed by atoms with Crippen LogP contribution in [0.25, 0.3) is 0 Å². The first kappa shape index (κ1) is 20.6. The Morgan fingerprint density at radius 3 is 2.81 bits per heavy atom. The third kappa shape index (κ3) is 4.50. The van der Waals surface area contributed by atoms with E-state index in [-0.39, 0.29) is 11.7 Å². The Hall–Kier alpha value is -3.26. The number of fused-ring (bicyclic) bond motifs is 1. The first-order valence-corrected chi connectivity index (χ1v) is 11.5. The summed E-state index contributed by atoms with van der Waals surface area (Å²) < 4.78 is 15.8. The Labute approximate surface area is 190 Å². The zero-order valence-corrected chi connectivity index (χ0v) is 18.5. The largest absolute Gasteiger partial charge is 0.351 e. The lowest BCUT2D eigenvalue weighted by atomic mass is 9.97. The van der Waals surface area contributed by atoms with E-state index in [1.807, 2.05) is 18.5 Å². The summed E-state index contributed by atoms with van der Waals surface area (Å²) in [5, 5.41) is 9.92. The first-order valence-electron chi connectivity index (χ1n) is 10.6. The van der Waals surface area contributed by atoms with E-state index in [0.717, 1.165) is 46.5 Å². The Balaban J connectivity index is 1.38. The molecule has 32 heavy (non-hydrogen) atoms. The molecule has 0 spiro atoms. The number of imidazole rings is 1. The van der Waals surface area contributed by atoms with Crippen LogP contribution >= 0.6 is 11.8 Å². The Morgan fingerprint density at radius 1 is 1.12 bits per heavy atom. The minimum atomic E-state index is -0.264. The standard InChI is InChI=1S/C24H23FN6S/c1-16-4-7-20(8-5-16)32-24-30-29-23(31(24)10-2-3-19-14-26-15-28-19)11-17-13-27-22-12-18(25)6-9-21(17)22/h4-9,12-15,17H,2-3,10-11H2,1H3,(H,26,28). The zero-order chi connectivity index (χ0) is 21.9. The third-order valence-corrected chi connectivity index (χ3v) is 6.57. The molecular formula is C24H23FN6S. The second kappa shape index (κ2) is 9.08. The van der Waals surface area contributed by atoms with Crippen molar-refractivity contribution in [2.75, 3.05) is 0 Å². The molecular weight excluding hydrogens is 423 g/mol. The molecule has 5 rings (SSSR count). The van der Waals surface area contributed by atoms with Crippen LogP contribution in [0.1, 0.15) is 35.0 Å². The number of halogens is 1. The van der Waals surface area contributed by atoms with Gasteiger partial charge < -0.3 is 9.55 Å². The number of nitrogens with zero attached hydrogens (tertiary/aromatic N) is 5. The van der Waals surface area contributed by atoms with E-state index >= 15 is 0 Å². The van der Waals surface area contributed by atoms with Gasteiger partial charge in [-0.05, 0) is 61.4 Å². The van der Waals surface area contributed by atoms with Crippen molar-refractivity contribution in [1.29, 1.82) is 0 Å².